The van der Waals surface area contributed by atoms with Gasteiger partial charge in [0.25, 0.3) is 0 Å². The molecular formula is C15H23FN2. The van der Waals surface area contributed by atoms with Crippen molar-refractivity contribution in [3.8, 4) is 0 Å². The first-order valence-electron chi connectivity index (χ1n) is 6.98. The average molecular weight is 250 g/mol. The summed E-state index contributed by atoms with van der Waals surface area (Å²) in [6.07, 6.45) is 3.61. The molecule has 2 nitrogen and oxygen atoms in total. The molecule has 0 amide bonds. The highest BCUT2D eigenvalue weighted by molar-refractivity contribution is 5.17. The van der Waals surface area contributed by atoms with E-state index in [4.69, 9.17) is 0 Å². The second-order valence-corrected chi connectivity index (χ2v) is 5.03. The molecule has 3 heteroatoms. The number of hydrogen-bond donors (Lipinski definition) is 1. The van der Waals surface area contributed by atoms with E-state index in [1.807, 2.05) is 12.1 Å². The van der Waals surface area contributed by atoms with Gasteiger partial charge in [0.05, 0.1) is 0 Å². The van der Waals surface area contributed by atoms with Crippen LogP contribution >= 0.6 is 0 Å². The van der Waals surface area contributed by atoms with Gasteiger partial charge in [0.2, 0.25) is 0 Å². The minimum atomic E-state index is -0.103. The van der Waals surface area contributed by atoms with Crippen molar-refractivity contribution in [3.05, 3.63) is 35.6 Å². The van der Waals surface area contributed by atoms with E-state index in [0.29, 0.717) is 12.6 Å². The molecule has 0 radical (unpaired) electrons. The SMILES string of the molecule is CCN1CCCC(NCc2ccccc2F)CC1. The highest BCUT2D eigenvalue weighted by Crippen LogP contribution is 2.12. The molecule has 1 aliphatic rings. The molecule has 1 aliphatic heterocycles. The van der Waals surface area contributed by atoms with E-state index >= 15 is 0 Å². The van der Waals surface area contributed by atoms with Gasteiger partial charge in [0, 0.05) is 18.2 Å². The summed E-state index contributed by atoms with van der Waals surface area (Å²) in [6, 6.07) is 7.55. The van der Waals surface area contributed by atoms with Crippen LogP contribution in [0.25, 0.3) is 0 Å². The fourth-order valence-electron chi connectivity index (χ4n) is 2.57. The standard InChI is InChI=1S/C15H23FN2/c1-2-18-10-5-7-14(9-11-18)17-12-13-6-3-4-8-15(13)16/h3-4,6,8,14,17H,2,5,7,9-12H2,1H3. The van der Waals surface area contributed by atoms with Gasteiger partial charge in [-0.15, -0.1) is 0 Å². The van der Waals surface area contributed by atoms with E-state index in [-0.39, 0.29) is 5.82 Å². The smallest absolute Gasteiger partial charge is 0.127 e. The monoisotopic (exact) mass is 250 g/mol. The molecule has 1 aromatic rings. The first kappa shape index (κ1) is 13.5. The zero-order valence-electron chi connectivity index (χ0n) is 11.2. The Balaban J connectivity index is 1.82. The van der Waals surface area contributed by atoms with Gasteiger partial charge < -0.3 is 10.2 Å². The second-order valence-electron chi connectivity index (χ2n) is 5.03. The molecule has 1 fully saturated rings. The van der Waals surface area contributed by atoms with Crippen LogP contribution in [0, 0.1) is 5.82 Å². The molecular weight excluding hydrogens is 227 g/mol. The van der Waals surface area contributed by atoms with Crippen LogP contribution in [0.1, 0.15) is 31.7 Å². The fraction of sp³-hybridized carbons (Fsp3) is 0.600. The van der Waals surface area contributed by atoms with Gasteiger partial charge in [0.15, 0.2) is 0 Å². The van der Waals surface area contributed by atoms with E-state index < -0.39 is 0 Å². The van der Waals surface area contributed by atoms with E-state index in [9.17, 15) is 4.39 Å². The molecule has 0 bridgehead atoms. The number of benzene rings is 1. The van der Waals surface area contributed by atoms with Crippen molar-refractivity contribution < 1.29 is 4.39 Å². The third-order valence-corrected chi connectivity index (χ3v) is 3.81. The molecule has 1 aromatic carbocycles. The Bertz CT molecular complexity index is 367. The van der Waals surface area contributed by atoms with Gasteiger partial charge >= 0.3 is 0 Å². The van der Waals surface area contributed by atoms with Crippen molar-refractivity contribution in [1.29, 1.82) is 0 Å². The van der Waals surface area contributed by atoms with Gasteiger partial charge in [-0.25, -0.2) is 4.39 Å². The second kappa shape index (κ2) is 6.86. The van der Waals surface area contributed by atoms with Crippen LogP contribution < -0.4 is 5.32 Å². The number of nitrogens with zero attached hydrogens (tertiary/aromatic N) is 1. The number of likely N-dealkylation sites (tertiary alicyclic amines) is 1. The van der Waals surface area contributed by atoms with Crippen LogP contribution in [-0.4, -0.2) is 30.6 Å². The highest BCUT2D eigenvalue weighted by Gasteiger charge is 2.15. The van der Waals surface area contributed by atoms with E-state index in [1.165, 1.54) is 31.9 Å². The Hall–Kier alpha value is -0.930. The lowest BCUT2D eigenvalue weighted by atomic mass is 10.1. The number of hydrogen-bond acceptors (Lipinski definition) is 2. The van der Waals surface area contributed by atoms with Crippen molar-refractivity contribution in [2.45, 2.75) is 38.8 Å². The topological polar surface area (TPSA) is 15.3 Å². The van der Waals surface area contributed by atoms with Gasteiger partial charge in [-0.3, -0.25) is 0 Å². The third-order valence-electron chi connectivity index (χ3n) is 3.81. The lowest BCUT2D eigenvalue weighted by Gasteiger charge is -2.18. The van der Waals surface area contributed by atoms with Gasteiger partial charge in [-0.1, -0.05) is 25.1 Å². The van der Waals surface area contributed by atoms with Crippen molar-refractivity contribution in [3.63, 3.8) is 0 Å². The molecule has 100 valence electrons. The summed E-state index contributed by atoms with van der Waals surface area (Å²) in [4.78, 5) is 2.49. The van der Waals surface area contributed by atoms with Crippen LogP contribution in [0.15, 0.2) is 24.3 Å². The normalized spacial score (nSPS) is 21.8. The van der Waals surface area contributed by atoms with E-state index in [2.05, 4.69) is 17.1 Å². The first-order valence-corrected chi connectivity index (χ1v) is 6.98. The van der Waals surface area contributed by atoms with Crippen LogP contribution in [0.2, 0.25) is 0 Å². The van der Waals surface area contributed by atoms with Crippen LogP contribution in [0.3, 0.4) is 0 Å². The minimum absolute atomic E-state index is 0.103. The lowest BCUT2D eigenvalue weighted by Crippen LogP contribution is -2.30. The summed E-state index contributed by atoms with van der Waals surface area (Å²) in [5.74, 6) is -0.103. The Morgan fingerprint density at radius 1 is 1.28 bits per heavy atom. The minimum Gasteiger partial charge on any atom is -0.310 e. The molecule has 2 rings (SSSR count). The summed E-state index contributed by atoms with van der Waals surface area (Å²) in [5.41, 5.74) is 0.772. The molecule has 0 aromatic heterocycles. The predicted molar refractivity (Wildman–Crippen MR) is 73.0 cm³/mol. The van der Waals surface area contributed by atoms with Gasteiger partial charge in [0.1, 0.15) is 5.82 Å². The summed E-state index contributed by atoms with van der Waals surface area (Å²) >= 11 is 0. The predicted octanol–water partition coefficient (Wildman–Crippen LogP) is 2.79. The fourth-order valence-corrected chi connectivity index (χ4v) is 2.57. The molecule has 0 saturated carbocycles. The lowest BCUT2D eigenvalue weighted by molar-refractivity contribution is 0.297. The summed E-state index contributed by atoms with van der Waals surface area (Å²) in [6.45, 7) is 6.36. The zero-order chi connectivity index (χ0) is 12.8. The largest absolute Gasteiger partial charge is 0.310 e. The first-order chi connectivity index (χ1) is 8.79. The quantitative estimate of drug-likeness (QED) is 0.884. The van der Waals surface area contributed by atoms with Crippen molar-refractivity contribution >= 4 is 0 Å². The summed E-state index contributed by atoms with van der Waals surface area (Å²) < 4.78 is 13.5. The third kappa shape index (κ3) is 3.79. The van der Waals surface area contributed by atoms with Gasteiger partial charge in [-0.05, 0) is 45.0 Å². The Morgan fingerprint density at radius 2 is 2.11 bits per heavy atom. The van der Waals surface area contributed by atoms with Crippen molar-refractivity contribution in [2.24, 2.45) is 0 Å². The maximum absolute atomic E-state index is 13.5. The molecule has 1 N–H and O–H groups in total. The van der Waals surface area contributed by atoms with Crippen LogP contribution in [0.4, 0.5) is 4.39 Å². The molecule has 0 aliphatic carbocycles. The molecule has 1 heterocycles. The van der Waals surface area contributed by atoms with Crippen LogP contribution in [0.5, 0.6) is 0 Å². The van der Waals surface area contributed by atoms with Crippen molar-refractivity contribution in [1.82, 2.24) is 10.2 Å². The molecule has 0 spiro atoms. The van der Waals surface area contributed by atoms with Gasteiger partial charge in [-0.2, -0.15) is 0 Å². The summed E-state index contributed by atoms with van der Waals surface area (Å²) in [5, 5.41) is 3.50. The Morgan fingerprint density at radius 3 is 2.89 bits per heavy atom. The van der Waals surface area contributed by atoms with Crippen molar-refractivity contribution in [2.75, 3.05) is 19.6 Å². The zero-order valence-corrected chi connectivity index (χ0v) is 11.2. The van der Waals surface area contributed by atoms with E-state index in [0.717, 1.165) is 18.7 Å². The molecule has 18 heavy (non-hydrogen) atoms. The Labute approximate surface area is 109 Å². The molecule has 1 atom stereocenters. The maximum atomic E-state index is 13.5. The highest BCUT2D eigenvalue weighted by atomic mass is 19.1. The summed E-state index contributed by atoms with van der Waals surface area (Å²) in [7, 11) is 0. The number of nitrogens with one attached hydrogen (secondary N) is 1. The Kier molecular flexibility index (Phi) is 5.14. The van der Waals surface area contributed by atoms with E-state index in [1.54, 1.807) is 6.07 Å². The molecule has 1 saturated heterocycles. The number of halogens is 1. The van der Waals surface area contributed by atoms with Crippen LogP contribution in [-0.2, 0) is 6.54 Å². The average Bonchev–Trinajstić information content (AvgIpc) is 2.63. The number of rotatable bonds is 4. The molecule has 1 unspecified atom stereocenters. The maximum Gasteiger partial charge on any atom is 0.127 e.